The van der Waals surface area contributed by atoms with Gasteiger partial charge in [0.1, 0.15) is 0 Å². The standard InChI is InChI=1S/C13H18F3N3O2/c1-9(2)19-8-17-5-10(19)6-18-4-3-12(7-18,11(20)21)13(14,15)16/h5,8-9H,3-4,6-7H2,1-2H3,(H,20,21). The molecule has 0 spiro atoms. The van der Waals surface area contributed by atoms with E-state index in [2.05, 4.69) is 4.98 Å². The van der Waals surface area contributed by atoms with Crippen molar-refractivity contribution in [3.63, 3.8) is 0 Å². The summed E-state index contributed by atoms with van der Waals surface area (Å²) in [7, 11) is 0. The number of alkyl halides is 3. The summed E-state index contributed by atoms with van der Waals surface area (Å²) in [4.78, 5) is 16.7. The van der Waals surface area contributed by atoms with E-state index in [0.29, 0.717) is 0 Å². The highest BCUT2D eigenvalue weighted by Crippen LogP contribution is 2.46. The third-order valence-corrected chi connectivity index (χ3v) is 3.99. The maximum atomic E-state index is 13.1. The van der Waals surface area contributed by atoms with Crippen LogP contribution in [0.2, 0.25) is 0 Å². The average Bonchev–Trinajstić information content (AvgIpc) is 2.95. The summed E-state index contributed by atoms with van der Waals surface area (Å²) in [6.45, 7) is 3.76. The van der Waals surface area contributed by atoms with Crippen LogP contribution in [0.1, 0.15) is 32.0 Å². The van der Waals surface area contributed by atoms with Crippen molar-refractivity contribution in [3.05, 3.63) is 18.2 Å². The van der Waals surface area contributed by atoms with Crippen LogP contribution in [0.15, 0.2) is 12.5 Å². The Bertz CT molecular complexity index is 527. The first-order valence-corrected chi connectivity index (χ1v) is 6.70. The summed E-state index contributed by atoms with van der Waals surface area (Å²) in [5, 5.41) is 9.02. The van der Waals surface area contributed by atoms with E-state index in [9.17, 15) is 18.0 Å². The number of aromatic nitrogens is 2. The van der Waals surface area contributed by atoms with Gasteiger partial charge in [-0.05, 0) is 20.3 Å². The fourth-order valence-corrected chi connectivity index (χ4v) is 2.70. The molecule has 0 radical (unpaired) electrons. The van der Waals surface area contributed by atoms with Gasteiger partial charge in [-0.3, -0.25) is 9.69 Å². The second-order valence-corrected chi connectivity index (χ2v) is 5.73. The molecule has 1 unspecified atom stereocenters. The quantitative estimate of drug-likeness (QED) is 0.927. The van der Waals surface area contributed by atoms with Crippen molar-refractivity contribution in [2.45, 2.75) is 39.0 Å². The van der Waals surface area contributed by atoms with Gasteiger partial charge in [-0.2, -0.15) is 13.2 Å². The van der Waals surface area contributed by atoms with Crippen LogP contribution in [0.5, 0.6) is 0 Å². The fourth-order valence-electron chi connectivity index (χ4n) is 2.70. The predicted octanol–water partition coefficient (Wildman–Crippen LogP) is 2.30. The Morgan fingerprint density at radius 2 is 2.19 bits per heavy atom. The van der Waals surface area contributed by atoms with Crippen molar-refractivity contribution in [1.82, 2.24) is 14.5 Å². The minimum absolute atomic E-state index is 0.106. The highest BCUT2D eigenvalue weighted by Gasteiger charge is 2.63. The molecule has 1 saturated heterocycles. The predicted molar refractivity (Wildman–Crippen MR) is 68.6 cm³/mol. The molecule has 2 heterocycles. The molecule has 1 aromatic rings. The summed E-state index contributed by atoms with van der Waals surface area (Å²) in [6, 6.07) is 0.150. The van der Waals surface area contributed by atoms with Crippen molar-refractivity contribution < 1.29 is 23.1 Å². The lowest BCUT2D eigenvalue weighted by molar-refractivity contribution is -0.227. The molecule has 8 heteroatoms. The highest BCUT2D eigenvalue weighted by atomic mass is 19.4. The second-order valence-electron chi connectivity index (χ2n) is 5.73. The van der Waals surface area contributed by atoms with Gasteiger partial charge in [0.25, 0.3) is 0 Å². The summed E-state index contributed by atoms with van der Waals surface area (Å²) >= 11 is 0. The number of carboxylic acids is 1. The molecule has 0 aromatic carbocycles. The zero-order valence-corrected chi connectivity index (χ0v) is 11.9. The number of carboxylic acid groups (broad SMARTS) is 1. The minimum Gasteiger partial charge on any atom is -0.481 e. The Morgan fingerprint density at radius 1 is 1.52 bits per heavy atom. The first-order chi connectivity index (χ1) is 9.67. The largest absolute Gasteiger partial charge is 0.481 e. The monoisotopic (exact) mass is 305 g/mol. The summed E-state index contributed by atoms with van der Waals surface area (Å²) in [5.74, 6) is -1.80. The van der Waals surface area contributed by atoms with Crippen LogP contribution < -0.4 is 0 Å². The second kappa shape index (κ2) is 5.32. The summed E-state index contributed by atoms with van der Waals surface area (Å²) in [5.41, 5.74) is -1.87. The molecular weight excluding hydrogens is 287 g/mol. The SMILES string of the molecule is CC(C)n1cncc1CN1CCC(C(=O)O)(C(F)(F)F)C1. The molecule has 2 rings (SSSR count). The van der Waals surface area contributed by atoms with Gasteiger partial charge in [-0.15, -0.1) is 0 Å². The van der Waals surface area contributed by atoms with E-state index in [4.69, 9.17) is 5.11 Å². The van der Waals surface area contributed by atoms with Crippen molar-refractivity contribution in [3.8, 4) is 0 Å². The van der Waals surface area contributed by atoms with Gasteiger partial charge in [0.05, 0.1) is 12.0 Å². The molecule has 1 aliphatic rings. The Morgan fingerprint density at radius 3 is 2.67 bits per heavy atom. The molecule has 118 valence electrons. The number of imidazole rings is 1. The Labute approximate surface area is 120 Å². The van der Waals surface area contributed by atoms with Crippen LogP contribution in [0.4, 0.5) is 13.2 Å². The van der Waals surface area contributed by atoms with Crippen molar-refractivity contribution >= 4 is 5.97 Å². The zero-order chi connectivity index (χ0) is 15.8. The van der Waals surface area contributed by atoms with E-state index in [0.717, 1.165) is 5.69 Å². The zero-order valence-electron chi connectivity index (χ0n) is 11.9. The average molecular weight is 305 g/mol. The molecule has 21 heavy (non-hydrogen) atoms. The number of hydrogen-bond acceptors (Lipinski definition) is 3. The fraction of sp³-hybridized carbons (Fsp3) is 0.692. The molecule has 0 bridgehead atoms. The van der Waals surface area contributed by atoms with Crippen LogP contribution in [-0.4, -0.2) is 44.8 Å². The number of likely N-dealkylation sites (tertiary alicyclic amines) is 1. The molecule has 0 amide bonds. The smallest absolute Gasteiger partial charge is 0.406 e. The van der Waals surface area contributed by atoms with Crippen LogP contribution in [0.3, 0.4) is 0 Å². The molecular formula is C13H18F3N3O2. The number of aliphatic carboxylic acids is 1. The molecule has 1 aliphatic heterocycles. The lowest BCUT2D eigenvalue weighted by Crippen LogP contribution is -2.47. The van der Waals surface area contributed by atoms with Crippen LogP contribution in [0.25, 0.3) is 0 Å². The Balaban J connectivity index is 2.15. The van der Waals surface area contributed by atoms with Gasteiger partial charge in [-0.25, -0.2) is 4.98 Å². The van der Waals surface area contributed by atoms with E-state index >= 15 is 0 Å². The van der Waals surface area contributed by atoms with Gasteiger partial charge in [0.2, 0.25) is 0 Å². The topological polar surface area (TPSA) is 58.4 Å². The van der Waals surface area contributed by atoms with E-state index < -0.39 is 30.5 Å². The summed E-state index contributed by atoms with van der Waals surface area (Å²) < 4.78 is 41.2. The van der Waals surface area contributed by atoms with Gasteiger partial charge in [0, 0.05) is 31.9 Å². The van der Waals surface area contributed by atoms with E-state index in [1.54, 1.807) is 12.5 Å². The maximum absolute atomic E-state index is 13.1. The lowest BCUT2D eigenvalue weighted by Gasteiger charge is -2.27. The van der Waals surface area contributed by atoms with E-state index in [-0.39, 0.29) is 19.1 Å². The first-order valence-electron chi connectivity index (χ1n) is 6.70. The molecule has 0 aliphatic carbocycles. The molecule has 1 aromatic heterocycles. The van der Waals surface area contributed by atoms with Gasteiger partial charge in [0.15, 0.2) is 5.41 Å². The molecule has 1 N–H and O–H groups in total. The molecule has 5 nitrogen and oxygen atoms in total. The third kappa shape index (κ3) is 2.76. The van der Waals surface area contributed by atoms with Gasteiger partial charge >= 0.3 is 12.1 Å². The Hall–Kier alpha value is -1.57. The minimum atomic E-state index is -4.74. The van der Waals surface area contributed by atoms with E-state index in [1.807, 2.05) is 18.4 Å². The molecule has 0 saturated carbocycles. The highest BCUT2D eigenvalue weighted by molar-refractivity contribution is 5.76. The number of nitrogens with zero attached hydrogens (tertiary/aromatic N) is 3. The number of halogens is 3. The first kappa shape index (κ1) is 15.8. The van der Waals surface area contributed by atoms with Crippen LogP contribution >= 0.6 is 0 Å². The normalized spacial score (nSPS) is 23.9. The van der Waals surface area contributed by atoms with Gasteiger partial charge < -0.3 is 9.67 Å². The lowest BCUT2D eigenvalue weighted by atomic mass is 9.86. The van der Waals surface area contributed by atoms with Crippen LogP contribution in [-0.2, 0) is 11.3 Å². The summed E-state index contributed by atoms with van der Waals surface area (Å²) in [6.07, 6.45) is -1.92. The van der Waals surface area contributed by atoms with E-state index in [1.165, 1.54) is 4.90 Å². The Kier molecular flexibility index (Phi) is 4.01. The number of rotatable bonds is 4. The third-order valence-electron chi connectivity index (χ3n) is 3.99. The molecule has 1 atom stereocenters. The van der Waals surface area contributed by atoms with Crippen molar-refractivity contribution in [1.29, 1.82) is 0 Å². The van der Waals surface area contributed by atoms with Crippen molar-refractivity contribution in [2.75, 3.05) is 13.1 Å². The number of hydrogen-bond donors (Lipinski definition) is 1. The maximum Gasteiger partial charge on any atom is 0.406 e. The van der Waals surface area contributed by atoms with Crippen molar-refractivity contribution in [2.24, 2.45) is 5.41 Å². The van der Waals surface area contributed by atoms with Crippen LogP contribution in [0, 0.1) is 5.41 Å². The van der Waals surface area contributed by atoms with Gasteiger partial charge in [-0.1, -0.05) is 0 Å². The molecule has 1 fully saturated rings. The number of carbonyl (C=O) groups is 1.